The molecule has 0 aromatic heterocycles. The molecule has 0 saturated heterocycles. The van der Waals surface area contributed by atoms with Gasteiger partial charge in [-0.1, -0.05) is 20.8 Å². The van der Waals surface area contributed by atoms with E-state index in [1.165, 1.54) is 0 Å². The molecule has 0 aliphatic rings. The molecule has 1 amide bonds. The van der Waals surface area contributed by atoms with Crippen LogP contribution in [0.25, 0.3) is 0 Å². The molecule has 0 rings (SSSR count). The highest BCUT2D eigenvalue weighted by atomic mass is 32.2. The third-order valence-corrected chi connectivity index (χ3v) is 1.93. The molecule has 0 unspecified atom stereocenters. The number of rotatable bonds is 0. The van der Waals surface area contributed by atoms with E-state index in [9.17, 15) is 18.0 Å². The number of hydrogen-bond acceptors (Lipinski definition) is 3. The normalized spacial score (nSPS) is 12.5. The van der Waals surface area contributed by atoms with Crippen LogP contribution in [-0.4, -0.2) is 43.4 Å². The molecule has 9 heteroatoms. The Bertz CT molecular complexity index is 354. The monoisotopic (exact) mass is 279 g/mol. The average Bonchev–Trinajstić information content (AvgIpc) is 1.98. The smallest absolute Gasteiger partial charge is 0.348 e. The van der Waals surface area contributed by atoms with Crippen molar-refractivity contribution in [2.75, 3.05) is 14.1 Å². The first kappa shape index (κ1) is 18.5. The Morgan fingerprint density at radius 1 is 1.12 bits per heavy atom. The van der Waals surface area contributed by atoms with Gasteiger partial charge in [-0.2, -0.15) is 21.6 Å². The van der Waals surface area contributed by atoms with Crippen LogP contribution in [0.4, 0.5) is 13.2 Å². The van der Waals surface area contributed by atoms with Crippen molar-refractivity contribution < 1.29 is 30.9 Å². The van der Waals surface area contributed by atoms with Crippen LogP contribution in [0.5, 0.6) is 0 Å². The van der Waals surface area contributed by atoms with Gasteiger partial charge in [-0.15, -0.1) is 0 Å². The Balaban J connectivity index is 0. The minimum Gasteiger partial charge on any atom is -0.348 e. The molecule has 0 radical (unpaired) electrons. The van der Waals surface area contributed by atoms with Gasteiger partial charge in [0.25, 0.3) is 0 Å². The molecule has 17 heavy (non-hydrogen) atoms. The summed E-state index contributed by atoms with van der Waals surface area (Å²) in [5, 5.41) is 0. The van der Waals surface area contributed by atoms with Gasteiger partial charge in [-0.3, -0.25) is 9.35 Å². The predicted molar refractivity (Wildman–Crippen MR) is 55.8 cm³/mol. The summed E-state index contributed by atoms with van der Waals surface area (Å²) in [5.41, 5.74) is -5.77. The number of alkyl halides is 3. The summed E-state index contributed by atoms with van der Waals surface area (Å²) >= 11 is 0. The molecule has 104 valence electrons. The molecule has 0 heterocycles. The molecule has 0 aromatic carbocycles. The Morgan fingerprint density at radius 3 is 1.35 bits per heavy atom. The lowest BCUT2D eigenvalue weighted by Gasteiger charge is -2.21. The van der Waals surface area contributed by atoms with E-state index >= 15 is 0 Å². The van der Waals surface area contributed by atoms with Crippen molar-refractivity contribution in [1.29, 1.82) is 0 Å². The second kappa shape index (κ2) is 5.67. The maximum absolute atomic E-state index is 11.1. The van der Waals surface area contributed by atoms with Crippen molar-refractivity contribution in [3.05, 3.63) is 0 Å². The fraction of sp³-hybridized carbons (Fsp3) is 0.875. The summed E-state index contributed by atoms with van der Waals surface area (Å²) in [6.45, 7) is 5.74. The van der Waals surface area contributed by atoms with Gasteiger partial charge in [0.1, 0.15) is 0 Å². The molecule has 0 aliphatic heterocycles. The first-order valence-corrected chi connectivity index (χ1v) is 5.80. The van der Waals surface area contributed by atoms with Crippen LogP contribution < -0.4 is 0 Å². The fourth-order valence-electron chi connectivity index (χ4n) is 0.671. The van der Waals surface area contributed by atoms with E-state index in [1.54, 1.807) is 19.0 Å². The van der Waals surface area contributed by atoms with Gasteiger partial charge >= 0.3 is 15.6 Å². The first-order valence-electron chi connectivity index (χ1n) is 4.36. The highest BCUT2D eigenvalue weighted by Gasteiger charge is 2.44. The molecular formula is C8H16F3NO4S. The topological polar surface area (TPSA) is 74.7 Å². The molecule has 0 aromatic rings. The third kappa shape index (κ3) is 7.97. The third-order valence-electron chi connectivity index (χ3n) is 1.34. The first-order chi connectivity index (χ1) is 7.10. The SMILES string of the molecule is CN(C)C(=O)C(C)(C)C.O=S(=O)(O)C(F)(F)F. The van der Waals surface area contributed by atoms with Gasteiger partial charge in [0, 0.05) is 19.5 Å². The molecule has 0 spiro atoms. The zero-order valence-electron chi connectivity index (χ0n) is 10.2. The van der Waals surface area contributed by atoms with Crippen molar-refractivity contribution in [2.45, 2.75) is 26.3 Å². The molecule has 0 saturated carbocycles. The summed E-state index contributed by atoms with van der Waals surface area (Å²) in [6, 6.07) is 0. The quantitative estimate of drug-likeness (QED) is 0.539. The maximum atomic E-state index is 11.1. The van der Waals surface area contributed by atoms with Crippen LogP contribution in [0, 0.1) is 5.41 Å². The Morgan fingerprint density at radius 2 is 1.35 bits per heavy atom. The standard InChI is InChI=1S/C7H15NO.CHF3O3S/c1-7(2,3)6(9)8(4)5;2-1(3,4)8(5,6)7/h1-5H3;(H,5,6,7). The van der Waals surface area contributed by atoms with Crippen LogP contribution in [0.2, 0.25) is 0 Å². The van der Waals surface area contributed by atoms with Gasteiger partial charge < -0.3 is 4.90 Å². The number of halogens is 3. The zero-order chi connectivity index (χ0) is 14.7. The molecule has 0 fully saturated rings. The van der Waals surface area contributed by atoms with Gasteiger partial charge in [0.15, 0.2) is 0 Å². The summed E-state index contributed by atoms with van der Waals surface area (Å²) < 4.78 is 57.5. The zero-order valence-corrected chi connectivity index (χ0v) is 11.0. The maximum Gasteiger partial charge on any atom is 0.522 e. The molecule has 1 N–H and O–H groups in total. The molecular weight excluding hydrogens is 263 g/mol. The summed E-state index contributed by atoms with van der Waals surface area (Å²) in [5.74, 6) is 0.169. The number of hydrogen-bond donors (Lipinski definition) is 1. The van der Waals surface area contributed by atoms with Gasteiger partial charge in [0.05, 0.1) is 0 Å². The number of amides is 1. The van der Waals surface area contributed by atoms with Gasteiger partial charge in [-0.05, 0) is 0 Å². The van der Waals surface area contributed by atoms with E-state index in [-0.39, 0.29) is 11.3 Å². The summed E-state index contributed by atoms with van der Waals surface area (Å²) in [7, 11) is -2.30. The van der Waals surface area contributed by atoms with E-state index in [0.717, 1.165) is 0 Å². The second-order valence-electron chi connectivity index (χ2n) is 4.37. The fourth-order valence-corrected chi connectivity index (χ4v) is 0.671. The van der Waals surface area contributed by atoms with Crippen LogP contribution in [0.3, 0.4) is 0 Å². The highest BCUT2D eigenvalue weighted by molar-refractivity contribution is 7.86. The summed E-state index contributed by atoms with van der Waals surface area (Å²) in [6.07, 6.45) is 0. The molecule has 0 atom stereocenters. The Hall–Kier alpha value is -0.830. The lowest BCUT2D eigenvalue weighted by Crippen LogP contribution is -2.33. The van der Waals surface area contributed by atoms with E-state index in [2.05, 4.69) is 0 Å². The minimum absolute atomic E-state index is 0.169. The highest BCUT2D eigenvalue weighted by Crippen LogP contribution is 2.20. The van der Waals surface area contributed by atoms with Crippen LogP contribution in [0.1, 0.15) is 20.8 Å². The van der Waals surface area contributed by atoms with Crippen molar-refractivity contribution in [2.24, 2.45) is 5.41 Å². The molecule has 5 nitrogen and oxygen atoms in total. The Kier molecular flexibility index (Phi) is 6.19. The van der Waals surface area contributed by atoms with Crippen molar-refractivity contribution in [3.63, 3.8) is 0 Å². The molecule has 0 aliphatic carbocycles. The van der Waals surface area contributed by atoms with Crippen molar-refractivity contribution in [3.8, 4) is 0 Å². The predicted octanol–water partition coefficient (Wildman–Crippen LogP) is 1.51. The van der Waals surface area contributed by atoms with E-state index in [0.29, 0.717) is 0 Å². The van der Waals surface area contributed by atoms with Crippen LogP contribution >= 0.6 is 0 Å². The van der Waals surface area contributed by atoms with E-state index in [4.69, 9.17) is 13.0 Å². The number of nitrogens with zero attached hydrogens (tertiary/aromatic N) is 1. The second-order valence-corrected chi connectivity index (χ2v) is 5.78. The van der Waals surface area contributed by atoms with E-state index in [1.807, 2.05) is 20.8 Å². The van der Waals surface area contributed by atoms with Crippen molar-refractivity contribution in [1.82, 2.24) is 4.90 Å². The van der Waals surface area contributed by atoms with Crippen LogP contribution in [0.15, 0.2) is 0 Å². The summed E-state index contributed by atoms with van der Waals surface area (Å²) in [4.78, 5) is 12.7. The van der Waals surface area contributed by atoms with Gasteiger partial charge in [-0.25, -0.2) is 0 Å². The largest absolute Gasteiger partial charge is 0.522 e. The van der Waals surface area contributed by atoms with Crippen molar-refractivity contribution >= 4 is 16.0 Å². The van der Waals surface area contributed by atoms with Gasteiger partial charge in [0.2, 0.25) is 5.91 Å². The van der Waals surface area contributed by atoms with Crippen LogP contribution in [-0.2, 0) is 14.9 Å². The van der Waals surface area contributed by atoms with E-state index < -0.39 is 15.6 Å². The lowest BCUT2D eigenvalue weighted by molar-refractivity contribution is -0.136. The number of carbonyl (C=O) groups excluding carboxylic acids is 1. The minimum atomic E-state index is -5.84. The Labute approximate surface area is 98.3 Å². The number of carbonyl (C=O) groups is 1. The lowest BCUT2D eigenvalue weighted by atomic mass is 9.95. The molecule has 0 bridgehead atoms. The average molecular weight is 279 g/mol.